The Balaban J connectivity index is 2.70. The molecule has 2 N–H and O–H groups in total. The van der Waals surface area contributed by atoms with E-state index in [1.54, 1.807) is 6.07 Å². The number of hydrogen-bond donors (Lipinski definition) is 2. The van der Waals surface area contributed by atoms with Gasteiger partial charge in [0.15, 0.2) is 0 Å². The van der Waals surface area contributed by atoms with Crippen LogP contribution in [-0.4, -0.2) is 37.1 Å². The highest BCUT2D eigenvalue weighted by Crippen LogP contribution is 2.34. The van der Waals surface area contributed by atoms with Crippen LogP contribution in [0, 0.1) is 11.3 Å². The molecule has 1 heterocycles. The fourth-order valence-electron chi connectivity index (χ4n) is 2.27. The second kappa shape index (κ2) is 7.99. The maximum absolute atomic E-state index is 13.2. The molecule has 0 amide bonds. The number of aliphatic hydroxyl groups excluding tert-OH is 1. The van der Waals surface area contributed by atoms with E-state index in [1.165, 1.54) is 6.07 Å². The van der Waals surface area contributed by atoms with Crippen molar-refractivity contribution in [3.8, 4) is 17.3 Å². The molecule has 2 aromatic rings. The molecule has 0 fully saturated rings. The third kappa shape index (κ3) is 5.00. The van der Waals surface area contributed by atoms with Gasteiger partial charge >= 0.3 is 6.18 Å². The molecule has 0 atom stereocenters. The van der Waals surface area contributed by atoms with Gasteiger partial charge in [-0.3, -0.25) is 0 Å². The van der Waals surface area contributed by atoms with Crippen molar-refractivity contribution in [3.63, 3.8) is 0 Å². The number of nitriles is 1. The number of alkyl halides is 3. The first kappa shape index (κ1) is 20.8. The summed E-state index contributed by atoms with van der Waals surface area (Å²) in [6.07, 6.45) is -4.16. The Morgan fingerprint density at radius 3 is 2.48 bits per heavy atom. The van der Waals surface area contributed by atoms with Crippen molar-refractivity contribution in [2.75, 3.05) is 13.7 Å². The van der Waals surface area contributed by atoms with Gasteiger partial charge in [0.05, 0.1) is 16.2 Å². The minimum Gasteiger partial charge on any atom is -0.396 e. The van der Waals surface area contributed by atoms with E-state index in [9.17, 15) is 21.6 Å². The van der Waals surface area contributed by atoms with Crippen LogP contribution in [0.15, 0.2) is 29.2 Å². The fourth-order valence-corrected chi connectivity index (χ4v) is 3.07. The van der Waals surface area contributed by atoms with Crippen LogP contribution in [0.3, 0.4) is 0 Å². The summed E-state index contributed by atoms with van der Waals surface area (Å²) in [6, 6.07) is 5.40. The number of nitrogens with zero attached hydrogens (tertiary/aromatic N) is 3. The van der Waals surface area contributed by atoms with E-state index in [-0.39, 0.29) is 30.1 Å². The number of rotatable bonds is 6. The van der Waals surface area contributed by atoms with E-state index in [2.05, 4.69) is 9.97 Å². The molecule has 0 aliphatic rings. The highest BCUT2D eigenvalue weighted by Gasteiger charge is 2.32. The zero-order valence-electron chi connectivity index (χ0n) is 14.1. The van der Waals surface area contributed by atoms with E-state index in [4.69, 9.17) is 10.4 Å². The van der Waals surface area contributed by atoms with Crippen molar-refractivity contribution in [2.24, 2.45) is 0 Å². The Morgan fingerprint density at radius 1 is 1.22 bits per heavy atom. The summed E-state index contributed by atoms with van der Waals surface area (Å²) in [7, 11) is -3.06. The number of halogens is 3. The second-order valence-corrected chi connectivity index (χ2v) is 7.35. The van der Waals surface area contributed by atoms with Crippen LogP contribution in [0.25, 0.3) is 11.3 Å². The molecule has 0 aliphatic heterocycles. The summed E-state index contributed by atoms with van der Waals surface area (Å²) in [6.45, 7) is -0.130. The van der Waals surface area contributed by atoms with E-state index >= 15 is 0 Å². The Bertz CT molecular complexity index is 985. The van der Waals surface area contributed by atoms with Crippen LogP contribution in [0.1, 0.15) is 23.5 Å². The average Bonchev–Trinajstić information content (AvgIpc) is 2.64. The molecule has 0 saturated carbocycles. The van der Waals surface area contributed by atoms with Crippen molar-refractivity contribution < 1.29 is 26.7 Å². The lowest BCUT2D eigenvalue weighted by molar-refractivity contribution is -0.137. The lowest BCUT2D eigenvalue weighted by atomic mass is 10.1. The molecule has 0 aliphatic carbocycles. The van der Waals surface area contributed by atoms with Crippen LogP contribution < -0.4 is 4.72 Å². The van der Waals surface area contributed by atoms with Crippen molar-refractivity contribution in [2.45, 2.75) is 23.9 Å². The minimum atomic E-state index is -4.78. The lowest BCUT2D eigenvalue weighted by Crippen LogP contribution is -2.19. The molecule has 0 saturated heterocycles. The van der Waals surface area contributed by atoms with E-state index in [0.29, 0.717) is 18.2 Å². The van der Waals surface area contributed by atoms with Crippen LogP contribution in [0.5, 0.6) is 0 Å². The third-order valence-electron chi connectivity index (χ3n) is 3.58. The van der Waals surface area contributed by atoms with Crippen molar-refractivity contribution >= 4 is 10.0 Å². The van der Waals surface area contributed by atoms with Gasteiger partial charge in [-0.25, -0.2) is 23.1 Å². The Kier molecular flexibility index (Phi) is 6.15. The minimum absolute atomic E-state index is 0.0202. The average molecular weight is 400 g/mol. The molecule has 2 rings (SSSR count). The summed E-state index contributed by atoms with van der Waals surface area (Å²) >= 11 is 0. The number of aryl methyl sites for hydroxylation is 1. The largest absolute Gasteiger partial charge is 0.416 e. The molecule has 1 aromatic heterocycles. The normalized spacial score (nSPS) is 12.0. The second-order valence-electron chi connectivity index (χ2n) is 5.46. The lowest BCUT2D eigenvalue weighted by Gasteiger charge is -2.13. The molecule has 27 heavy (non-hydrogen) atoms. The third-order valence-corrected chi connectivity index (χ3v) is 4.97. The maximum atomic E-state index is 13.2. The molecule has 0 unspecified atom stereocenters. The van der Waals surface area contributed by atoms with Gasteiger partial charge < -0.3 is 5.11 Å². The highest BCUT2D eigenvalue weighted by atomic mass is 32.2. The number of nitrogens with one attached hydrogen (secondary N) is 1. The summed E-state index contributed by atoms with van der Waals surface area (Å²) in [5, 5.41) is 18.0. The van der Waals surface area contributed by atoms with Gasteiger partial charge in [0, 0.05) is 17.9 Å². The molecule has 1 aromatic carbocycles. The number of hydrogen-bond acceptors (Lipinski definition) is 6. The van der Waals surface area contributed by atoms with Crippen LogP contribution in [0.4, 0.5) is 13.2 Å². The van der Waals surface area contributed by atoms with Crippen molar-refractivity contribution in [3.05, 3.63) is 41.3 Å². The number of sulfonamides is 1. The predicted molar refractivity (Wildman–Crippen MR) is 88.8 cm³/mol. The summed E-state index contributed by atoms with van der Waals surface area (Å²) in [5.74, 6) is -0.268. The first-order valence-electron chi connectivity index (χ1n) is 7.66. The SMILES string of the molecule is CNS(=O)(=O)c1cc(-c2cc(CCCO)nc(C#N)n2)cc(C(F)(F)F)c1. The van der Waals surface area contributed by atoms with E-state index in [0.717, 1.165) is 19.2 Å². The highest BCUT2D eigenvalue weighted by molar-refractivity contribution is 7.89. The zero-order chi connectivity index (χ0) is 20.2. The Labute approximate surface area is 153 Å². The molecular formula is C16H15F3N4O3S. The summed E-state index contributed by atoms with van der Waals surface area (Å²) in [5.41, 5.74) is -0.958. The Morgan fingerprint density at radius 2 is 1.93 bits per heavy atom. The summed E-state index contributed by atoms with van der Waals surface area (Å²) in [4.78, 5) is 7.24. The van der Waals surface area contributed by atoms with Gasteiger partial charge in [-0.2, -0.15) is 18.4 Å². The standard InChI is InChI=1S/C16H15F3N4O3S/c1-21-27(25,26)13-6-10(5-11(7-13)16(17,18)19)14-8-12(3-2-4-24)22-15(9-20)23-14/h5-8,21,24H,2-4H2,1H3. The molecular weight excluding hydrogens is 385 g/mol. The molecule has 11 heteroatoms. The van der Waals surface area contributed by atoms with Gasteiger partial charge in [-0.05, 0) is 44.2 Å². The fraction of sp³-hybridized carbons (Fsp3) is 0.312. The van der Waals surface area contributed by atoms with Gasteiger partial charge in [0.2, 0.25) is 15.8 Å². The summed E-state index contributed by atoms with van der Waals surface area (Å²) < 4.78 is 65.6. The van der Waals surface area contributed by atoms with E-state index < -0.39 is 26.7 Å². The maximum Gasteiger partial charge on any atom is 0.416 e. The van der Waals surface area contributed by atoms with Crippen LogP contribution >= 0.6 is 0 Å². The topological polar surface area (TPSA) is 116 Å². The van der Waals surface area contributed by atoms with Crippen molar-refractivity contribution in [1.29, 1.82) is 5.26 Å². The van der Waals surface area contributed by atoms with Gasteiger partial charge in [0.25, 0.3) is 0 Å². The molecule has 7 nitrogen and oxygen atoms in total. The van der Waals surface area contributed by atoms with Gasteiger partial charge in [-0.1, -0.05) is 0 Å². The quantitative estimate of drug-likeness (QED) is 0.765. The smallest absolute Gasteiger partial charge is 0.396 e. The zero-order valence-corrected chi connectivity index (χ0v) is 14.9. The molecule has 0 radical (unpaired) electrons. The van der Waals surface area contributed by atoms with E-state index in [1.807, 2.05) is 4.72 Å². The van der Waals surface area contributed by atoms with Crippen molar-refractivity contribution in [1.82, 2.24) is 14.7 Å². The van der Waals surface area contributed by atoms with Crippen LogP contribution in [0.2, 0.25) is 0 Å². The first-order chi connectivity index (χ1) is 12.6. The number of aromatic nitrogens is 2. The monoisotopic (exact) mass is 400 g/mol. The molecule has 144 valence electrons. The van der Waals surface area contributed by atoms with Gasteiger partial charge in [0.1, 0.15) is 6.07 Å². The van der Waals surface area contributed by atoms with Gasteiger partial charge in [-0.15, -0.1) is 0 Å². The number of benzene rings is 1. The Hall–Kier alpha value is -2.55. The van der Waals surface area contributed by atoms with Crippen LogP contribution in [-0.2, 0) is 22.6 Å². The molecule has 0 bridgehead atoms. The predicted octanol–water partition coefficient (Wildman–Crippen LogP) is 1.87. The first-order valence-corrected chi connectivity index (χ1v) is 9.14. The number of aliphatic hydroxyl groups is 1. The molecule has 0 spiro atoms.